The molecular weight excluding hydrogens is 264 g/mol. The van der Waals surface area contributed by atoms with E-state index < -0.39 is 0 Å². The predicted octanol–water partition coefficient (Wildman–Crippen LogP) is 2.81. The van der Waals surface area contributed by atoms with E-state index in [-0.39, 0.29) is 11.3 Å². The second-order valence-electron chi connectivity index (χ2n) is 4.84. The molecule has 0 spiro atoms. The molecule has 0 saturated carbocycles. The summed E-state index contributed by atoms with van der Waals surface area (Å²) in [5.74, 6) is 0.250. The number of phenols is 1. The zero-order chi connectivity index (χ0) is 14.8. The molecule has 0 aliphatic heterocycles. The largest absolute Gasteiger partial charge is 0.508 e. The number of phenolic OH excluding ortho intramolecular Hbond substituents is 1. The van der Waals surface area contributed by atoms with E-state index in [0.717, 1.165) is 16.5 Å². The molecule has 1 aromatic heterocycles. The minimum Gasteiger partial charge on any atom is -0.508 e. The summed E-state index contributed by atoms with van der Waals surface area (Å²) in [4.78, 5) is 11.9. The Hall–Kier alpha value is -2.88. The van der Waals surface area contributed by atoms with Crippen LogP contribution in [0.15, 0.2) is 53.5 Å². The minimum atomic E-state index is -0.0958. The van der Waals surface area contributed by atoms with E-state index >= 15 is 0 Å². The summed E-state index contributed by atoms with van der Waals surface area (Å²) in [7, 11) is 1.64. The van der Waals surface area contributed by atoms with Crippen LogP contribution in [-0.2, 0) is 7.05 Å². The quantitative estimate of drug-likeness (QED) is 0.733. The van der Waals surface area contributed by atoms with Crippen LogP contribution >= 0.6 is 0 Å². The molecule has 0 radical (unpaired) electrons. The molecule has 3 aromatic rings. The van der Waals surface area contributed by atoms with Crippen LogP contribution in [0, 0.1) is 0 Å². The van der Waals surface area contributed by atoms with Gasteiger partial charge in [0.1, 0.15) is 5.75 Å². The lowest BCUT2D eigenvalue weighted by Crippen LogP contribution is -2.18. The molecule has 0 fully saturated rings. The van der Waals surface area contributed by atoms with Gasteiger partial charge in [-0.25, -0.2) is 4.68 Å². The molecule has 3 rings (SSSR count). The molecule has 1 N–H and O–H groups in total. The van der Waals surface area contributed by atoms with Crippen molar-refractivity contribution in [2.75, 3.05) is 0 Å². The van der Waals surface area contributed by atoms with Crippen molar-refractivity contribution in [1.29, 1.82) is 0 Å². The zero-order valence-electron chi connectivity index (χ0n) is 11.5. The number of hydrogen-bond acceptors (Lipinski definition) is 3. The van der Waals surface area contributed by atoms with Crippen LogP contribution in [0.25, 0.3) is 22.9 Å². The standard InChI is InChI=1S/C17H14N2O2/c1-19-17(21)16-9-6-13(10-14(16)11-18-19)3-2-12-4-7-15(20)8-5-12/h2-11,20H,1H3. The highest BCUT2D eigenvalue weighted by atomic mass is 16.3. The maximum Gasteiger partial charge on any atom is 0.274 e. The molecule has 4 heteroatoms. The lowest BCUT2D eigenvalue weighted by Gasteiger charge is -2.01. The number of aromatic hydroxyl groups is 1. The van der Waals surface area contributed by atoms with Crippen molar-refractivity contribution >= 4 is 22.9 Å². The van der Waals surface area contributed by atoms with Crippen LogP contribution in [0.5, 0.6) is 5.75 Å². The molecule has 0 aliphatic rings. The van der Waals surface area contributed by atoms with Crippen molar-refractivity contribution in [2.24, 2.45) is 7.05 Å². The number of benzene rings is 2. The van der Waals surface area contributed by atoms with Crippen molar-refractivity contribution in [3.63, 3.8) is 0 Å². The molecule has 104 valence electrons. The highest BCUT2D eigenvalue weighted by Crippen LogP contribution is 2.15. The molecular formula is C17H14N2O2. The lowest BCUT2D eigenvalue weighted by molar-refractivity contribution is 0.475. The average Bonchev–Trinajstić information content (AvgIpc) is 2.50. The summed E-state index contributed by atoms with van der Waals surface area (Å²) in [6, 6.07) is 12.6. The van der Waals surface area contributed by atoms with E-state index in [2.05, 4.69) is 5.10 Å². The Labute approximate surface area is 121 Å². The Morgan fingerprint density at radius 3 is 2.48 bits per heavy atom. The maximum absolute atomic E-state index is 11.9. The smallest absolute Gasteiger partial charge is 0.274 e. The number of fused-ring (bicyclic) bond motifs is 1. The van der Waals surface area contributed by atoms with Crippen molar-refractivity contribution in [3.05, 3.63) is 70.1 Å². The van der Waals surface area contributed by atoms with Gasteiger partial charge in [0, 0.05) is 12.4 Å². The maximum atomic E-state index is 11.9. The van der Waals surface area contributed by atoms with Crippen molar-refractivity contribution in [2.45, 2.75) is 0 Å². The van der Waals surface area contributed by atoms with E-state index in [0.29, 0.717) is 5.39 Å². The molecule has 0 amide bonds. The van der Waals surface area contributed by atoms with Gasteiger partial charge in [0.05, 0.1) is 11.6 Å². The van der Waals surface area contributed by atoms with E-state index in [1.54, 1.807) is 25.4 Å². The third-order valence-electron chi connectivity index (χ3n) is 3.33. The monoisotopic (exact) mass is 278 g/mol. The van der Waals surface area contributed by atoms with Gasteiger partial charge in [-0.05, 0) is 35.4 Å². The Balaban J connectivity index is 1.96. The molecule has 0 bridgehead atoms. The third-order valence-corrected chi connectivity index (χ3v) is 3.33. The summed E-state index contributed by atoms with van der Waals surface area (Å²) < 4.78 is 1.33. The van der Waals surface area contributed by atoms with Crippen LogP contribution in [0.2, 0.25) is 0 Å². The molecule has 1 heterocycles. The molecule has 0 atom stereocenters. The van der Waals surface area contributed by atoms with Crippen molar-refractivity contribution in [3.8, 4) is 5.75 Å². The van der Waals surface area contributed by atoms with Crippen LogP contribution in [0.1, 0.15) is 11.1 Å². The lowest BCUT2D eigenvalue weighted by atomic mass is 10.1. The summed E-state index contributed by atoms with van der Waals surface area (Å²) in [6.45, 7) is 0. The molecule has 0 unspecified atom stereocenters. The Morgan fingerprint density at radius 1 is 1.05 bits per heavy atom. The highest BCUT2D eigenvalue weighted by molar-refractivity contribution is 5.84. The third kappa shape index (κ3) is 2.69. The SMILES string of the molecule is Cn1ncc2cc(C=Cc3ccc(O)cc3)ccc2c1=O. The Bertz CT molecular complexity index is 877. The minimum absolute atomic E-state index is 0.0958. The number of rotatable bonds is 2. The molecule has 21 heavy (non-hydrogen) atoms. The molecule has 0 saturated heterocycles. The highest BCUT2D eigenvalue weighted by Gasteiger charge is 2.01. The van der Waals surface area contributed by atoms with E-state index in [1.165, 1.54) is 4.68 Å². The second-order valence-corrected chi connectivity index (χ2v) is 4.84. The molecule has 4 nitrogen and oxygen atoms in total. The Morgan fingerprint density at radius 2 is 1.71 bits per heavy atom. The molecule has 2 aromatic carbocycles. The Kier molecular flexibility index (Phi) is 3.28. The van der Waals surface area contributed by atoms with Crippen molar-refractivity contribution < 1.29 is 5.11 Å². The van der Waals surface area contributed by atoms with Crippen LogP contribution < -0.4 is 5.56 Å². The summed E-state index contributed by atoms with van der Waals surface area (Å²) in [5.41, 5.74) is 1.89. The van der Waals surface area contributed by atoms with E-state index in [9.17, 15) is 9.90 Å². The zero-order valence-corrected chi connectivity index (χ0v) is 11.5. The van der Waals surface area contributed by atoms with E-state index in [4.69, 9.17) is 0 Å². The second kappa shape index (κ2) is 5.25. The topological polar surface area (TPSA) is 55.1 Å². The predicted molar refractivity (Wildman–Crippen MR) is 84.0 cm³/mol. The van der Waals surface area contributed by atoms with Gasteiger partial charge < -0.3 is 5.11 Å². The summed E-state index contributed by atoms with van der Waals surface area (Å²) in [6.07, 6.45) is 5.60. The number of hydrogen-bond donors (Lipinski definition) is 1. The van der Waals surface area contributed by atoms with Gasteiger partial charge in [0.25, 0.3) is 5.56 Å². The van der Waals surface area contributed by atoms with Gasteiger partial charge >= 0.3 is 0 Å². The van der Waals surface area contributed by atoms with Crippen LogP contribution in [0.4, 0.5) is 0 Å². The fourth-order valence-electron chi connectivity index (χ4n) is 2.14. The van der Waals surface area contributed by atoms with Gasteiger partial charge in [-0.1, -0.05) is 30.4 Å². The van der Waals surface area contributed by atoms with Gasteiger partial charge in [-0.2, -0.15) is 5.10 Å². The van der Waals surface area contributed by atoms with Crippen LogP contribution in [-0.4, -0.2) is 14.9 Å². The van der Waals surface area contributed by atoms with Gasteiger partial charge in [-0.3, -0.25) is 4.79 Å². The normalized spacial score (nSPS) is 11.3. The first-order valence-electron chi connectivity index (χ1n) is 6.57. The van der Waals surface area contributed by atoms with Gasteiger partial charge in [-0.15, -0.1) is 0 Å². The first kappa shape index (κ1) is 13.1. The average molecular weight is 278 g/mol. The first-order valence-corrected chi connectivity index (χ1v) is 6.57. The van der Waals surface area contributed by atoms with Crippen molar-refractivity contribution in [1.82, 2.24) is 9.78 Å². The summed E-state index contributed by atoms with van der Waals surface area (Å²) >= 11 is 0. The van der Waals surface area contributed by atoms with Gasteiger partial charge in [0.2, 0.25) is 0 Å². The number of nitrogens with zero attached hydrogens (tertiary/aromatic N) is 2. The van der Waals surface area contributed by atoms with Crippen LogP contribution in [0.3, 0.4) is 0 Å². The fourth-order valence-corrected chi connectivity index (χ4v) is 2.14. The van der Waals surface area contributed by atoms with E-state index in [1.807, 2.05) is 42.5 Å². The number of aryl methyl sites for hydroxylation is 1. The summed E-state index contributed by atoms with van der Waals surface area (Å²) in [5, 5.41) is 14.8. The first-order chi connectivity index (χ1) is 10.1. The van der Waals surface area contributed by atoms with Gasteiger partial charge in [0.15, 0.2) is 0 Å². The number of aromatic nitrogens is 2. The fraction of sp³-hybridized carbons (Fsp3) is 0.0588. The molecule has 0 aliphatic carbocycles.